The van der Waals surface area contributed by atoms with Crippen molar-refractivity contribution in [3.05, 3.63) is 53.7 Å². The quantitative estimate of drug-likeness (QED) is 0.307. The van der Waals surface area contributed by atoms with Gasteiger partial charge in [0, 0.05) is 48.0 Å². The van der Waals surface area contributed by atoms with E-state index in [9.17, 15) is 0 Å². The standard InChI is InChI=1S/C21H24N4O2S/c1-22-18-11-20(27-3)19(26-2)10-16(18)21(25-13-28)23-9-8-14-12-24-17-7-5-4-6-15(14)17/h4-7,10-13,22,24H,8-9H2,1-3H3,(H,23,25,28). The van der Waals surface area contributed by atoms with E-state index in [4.69, 9.17) is 21.7 Å². The zero-order chi connectivity index (χ0) is 19.9. The van der Waals surface area contributed by atoms with E-state index >= 15 is 0 Å². The number of methoxy groups -OCH3 is 2. The zero-order valence-electron chi connectivity index (χ0n) is 16.2. The minimum Gasteiger partial charge on any atom is -0.493 e. The highest BCUT2D eigenvalue weighted by Crippen LogP contribution is 2.33. The van der Waals surface area contributed by atoms with Crippen molar-refractivity contribution < 1.29 is 9.47 Å². The predicted molar refractivity (Wildman–Crippen MR) is 119 cm³/mol. The van der Waals surface area contributed by atoms with Gasteiger partial charge in [0.05, 0.1) is 19.7 Å². The summed E-state index contributed by atoms with van der Waals surface area (Å²) in [5, 5.41) is 7.82. The number of ether oxygens (including phenoxy) is 2. The third kappa shape index (κ3) is 4.09. The smallest absolute Gasteiger partial charge is 0.162 e. The number of hydrogen-bond acceptors (Lipinski definition) is 4. The second-order valence-corrected chi connectivity index (χ2v) is 6.33. The lowest BCUT2D eigenvalue weighted by Crippen LogP contribution is -2.27. The second kappa shape index (κ2) is 9.23. The number of aromatic amines is 1. The van der Waals surface area contributed by atoms with Crippen LogP contribution in [0.25, 0.3) is 10.9 Å². The molecule has 3 aromatic rings. The van der Waals surface area contributed by atoms with Crippen LogP contribution in [0.1, 0.15) is 11.1 Å². The van der Waals surface area contributed by atoms with Gasteiger partial charge in [0.1, 0.15) is 5.84 Å². The Labute approximate surface area is 170 Å². The number of fused-ring (bicyclic) bond motifs is 1. The van der Waals surface area contributed by atoms with Gasteiger partial charge < -0.3 is 25.1 Å². The summed E-state index contributed by atoms with van der Waals surface area (Å²) in [7, 11) is 5.08. The normalized spacial score (nSPS) is 11.3. The van der Waals surface area contributed by atoms with Crippen LogP contribution in [-0.2, 0) is 6.42 Å². The topological polar surface area (TPSA) is 70.7 Å². The van der Waals surface area contributed by atoms with Gasteiger partial charge in [-0.15, -0.1) is 0 Å². The molecule has 0 radical (unpaired) electrons. The van der Waals surface area contributed by atoms with Gasteiger partial charge in [0.25, 0.3) is 0 Å². The Balaban J connectivity index is 1.82. The molecule has 1 aromatic heterocycles. The highest BCUT2D eigenvalue weighted by atomic mass is 32.1. The number of aromatic nitrogens is 1. The Morgan fingerprint density at radius 3 is 2.64 bits per heavy atom. The van der Waals surface area contributed by atoms with Gasteiger partial charge in [0.2, 0.25) is 0 Å². The minimum absolute atomic E-state index is 0.631. The number of benzene rings is 2. The fraction of sp³-hybridized carbons (Fsp3) is 0.238. The molecule has 1 heterocycles. The summed E-state index contributed by atoms with van der Waals surface area (Å²) in [4.78, 5) is 7.67. The van der Waals surface area contributed by atoms with E-state index in [1.807, 2.05) is 25.2 Å². The summed E-state index contributed by atoms with van der Waals surface area (Å²) in [6.07, 6.45) is 2.90. The van der Waals surface area contributed by atoms with Crippen molar-refractivity contribution in [2.45, 2.75) is 6.42 Å². The van der Waals surface area contributed by atoms with Crippen molar-refractivity contribution in [2.24, 2.45) is 4.99 Å². The lowest BCUT2D eigenvalue weighted by atomic mass is 10.1. The van der Waals surface area contributed by atoms with Crippen LogP contribution in [0, 0.1) is 0 Å². The summed E-state index contributed by atoms with van der Waals surface area (Å²) in [6, 6.07) is 12.1. The first kappa shape index (κ1) is 19.7. The van der Waals surface area contributed by atoms with E-state index in [0.717, 1.165) is 23.2 Å². The zero-order valence-corrected chi connectivity index (χ0v) is 17.0. The highest BCUT2D eigenvalue weighted by Gasteiger charge is 2.15. The molecule has 0 spiro atoms. The molecule has 0 aliphatic carbocycles. The van der Waals surface area contributed by atoms with Crippen molar-refractivity contribution >= 4 is 40.1 Å². The molecule has 0 aliphatic rings. The average Bonchev–Trinajstić information content (AvgIpc) is 3.15. The SMILES string of the molecule is CNc1cc(OC)c(OC)cc1/C(=N\C=S)NCCc1c[nH]c2ccccc12. The molecule has 0 amide bonds. The summed E-state index contributed by atoms with van der Waals surface area (Å²) in [5.41, 5.74) is 5.49. The van der Waals surface area contributed by atoms with Crippen LogP contribution in [0.5, 0.6) is 11.5 Å². The van der Waals surface area contributed by atoms with E-state index < -0.39 is 0 Å². The largest absolute Gasteiger partial charge is 0.493 e. The molecule has 28 heavy (non-hydrogen) atoms. The Hall–Kier alpha value is -3.06. The number of thiocarbonyl (C=S) groups is 1. The van der Waals surface area contributed by atoms with Crippen LogP contribution in [0.15, 0.2) is 47.6 Å². The molecule has 0 aliphatic heterocycles. The van der Waals surface area contributed by atoms with Gasteiger partial charge in [0.15, 0.2) is 11.5 Å². The van der Waals surface area contributed by atoms with Crippen LogP contribution in [0.4, 0.5) is 5.69 Å². The van der Waals surface area contributed by atoms with Gasteiger partial charge in [-0.1, -0.05) is 30.4 Å². The molecule has 3 N–H and O–H groups in total. The molecule has 6 nitrogen and oxygen atoms in total. The molecule has 2 aromatic carbocycles. The van der Waals surface area contributed by atoms with Crippen LogP contribution in [0.2, 0.25) is 0 Å². The molecule has 0 saturated carbocycles. The first-order chi connectivity index (χ1) is 13.7. The Morgan fingerprint density at radius 1 is 1.18 bits per heavy atom. The lowest BCUT2D eigenvalue weighted by molar-refractivity contribution is 0.355. The number of H-pyrrole nitrogens is 1. The molecular weight excluding hydrogens is 372 g/mol. The molecule has 0 fully saturated rings. The maximum absolute atomic E-state index is 5.44. The minimum atomic E-state index is 0.631. The van der Waals surface area contributed by atoms with Crippen LogP contribution in [0.3, 0.4) is 0 Å². The van der Waals surface area contributed by atoms with E-state index in [0.29, 0.717) is 23.9 Å². The summed E-state index contributed by atoms with van der Waals surface area (Å²) < 4.78 is 10.8. The molecule has 0 unspecified atom stereocenters. The summed E-state index contributed by atoms with van der Waals surface area (Å²) in [6.45, 7) is 0.710. The highest BCUT2D eigenvalue weighted by molar-refractivity contribution is 7.78. The summed E-state index contributed by atoms with van der Waals surface area (Å²) >= 11 is 4.98. The lowest BCUT2D eigenvalue weighted by Gasteiger charge is -2.17. The number of anilines is 1. The maximum Gasteiger partial charge on any atom is 0.162 e. The summed E-state index contributed by atoms with van der Waals surface area (Å²) in [5.74, 6) is 1.96. The van der Waals surface area contributed by atoms with Crippen molar-refractivity contribution in [2.75, 3.05) is 33.1 Å². The molecular formula is C21H24N4O2S. The third-order valence-electron chi connectivity index (χ3n) is 4.59. The molecule has 0 atom stereocenters. The molecule has 146 valence electrons. The van der Waals surface area contributed by atoms with Crippen molar-refractivity contribution in [1.29, 1.82) is 0 Å². The molecule has 0 saturated heterocycles. The Kier molecular flexibility index (Phi) is 6.49. The van der Waals surface area contributed by atoms with Crippen molar-refractivity contribution in [1.82, 2.24) is 10.3 Å². The van der Waals surface area contributed by atoms with E-state index in [1.54, 1.807) is 14.2 Å². The second-order valence-electron chi connectivity index (χ2n) is 6.12. The number of amidine groups is 1. The maximum atomic E-state index is 5.44. The van der Waals surface area contributed by atoms with Gasteiger partial charge in [-0.3, -0.25) is 0 Å². The molecule has 0 bridgehead atoms. The van der Waals surface area contributed by atoms with Crippen molar-refractivity contribution in [3.8, 4) is 11.5 Å². The number of rotatable bonds is 8. The van der Waals surface area contributed by atoms with Gasteiger partial charge in [-0.05, 0) is 24.1 Å². The van der Waals surface area contributed by atoms with E-state index in [-0.39, 0.29) is 0 Å². The first-order valence-corrected chi connectivity index (χ1v) is 9.43. The number of para-hydroxylation sites is 1. The first-order valence-electron chi connectivity index (χ1n) is 8.96. The monoisotopic (exact) mass is 396 g/mol. The third-order valence-corrected chi connectivity index (χ3v) is 4.70. The molecule has 3 rings (SSSR count). The average molecular weight is 397 g/mol. The van der Waals surface area contributed by atoms with E-state index in [1.165, 1.54) is 16.4 Å². The fourth-order valence-corrected chi connectivity index (χ4v) is 3.30. The number of nitrogens with one attached hydrogen (secondary N) is 3. The van der Waals surface area contributed by atoms with Crippen LogP contribution >= 0.6 is 12.2 Å². The fourth-order valence-electron chi connectivity index (χ4n) is 3.20. The Morgan fingerprint density at radius 2 is 1.93 bits per heavy atom. The van der Waals surface area contributed by atoms with Crippen LogP contribution < -0.4 is 20.1 Å². The number of nitrogens with zero attached hydrogens (tertiary/aromatic N) is 1. The van der Waals surface area contributed by atoms with E-state index in [2.05, 4.69) is 45.0 Å². The van der Waals surface area contributed by atoms with Gasteiger partial charge >= 0.3 is 0 Å². The Bertz CT molecular complexity index is 997. The van der Waals surface area contributed by atoms with Crippen LogP contribution in [-0.4, -0.2) is 44.1 Å². The number of aliphatic imine (C=N–C) groups is 1. The number of hydrogen-bond donors (Lipinski definition) is 3. The van der Waals surface area contributed by atoms with Gasteiger partial charge in [-0.2, -0.15) is 0 Å². The van der Waals surface area contributed by atoms with Gasteiger partial charge in [-0.25, -0.2) is 4.99 Å². The molecule has 7 heteroatoms. The predicted octanol–water partition coefficient (Wildman–Crippen LogP) is 3.76. The van der Waals surface area contributed by atoms with Crippen molar-refractivity contribution in [3.63, 3.8) is 0 Å².